The first-order valence-electron chi connectivity index (χ1n) is 7.75. The Balaban J connectivity index is 1.77. The number of rotatable bonds is 3. The highest BCUT2D eigenvalue weighted by Gasteiger charge is 2.01. The molecule has 0 saturated heterocycles. The average Bonchev–Trinajstić information content (AvgIpc) is 2.62. The van der Waals surface area contributed by atoms with Crippen molar-refractivity contribution in [3.8, 4) is 5.75 Å². The number of nitrogens with zero attached hydrogens (tertiary/aromatic N) is 3. The lowest BCUT2D eigenvalue weighted by Gasteiger charge is -2.02. The van der Waals surface area contributed by atoms with Crippen LogP contribution in [0.3, 0.4) is 0 Å². The Hall–Kier alpha value is -2.79. The SMILES string of the molecule is CCOc1ccc(N=c2ncc3cc4ccccc4nc3s2)cc1. The molecule has 0 fully saturated rings. The molecular formula is C19H15N3OS. The van der Waals surface area contributed by atoms with E-state index in [4.69, 9.17) is 9.72 Å². The zero-order chi connectivity index (χ0) is 16.4. The first-order chi connectivity index (χ1) is 11.8. The van der Waals surface area contributed by atoms with Crippen LogP contribution in [0.15, 0.2) is 65.8 Å². The summed E-state index contributed by atoms with van der Waals surface area (Å²) in [6, 6.07) is 17.9. The quantitative estimate of drug-likeness (QED) is 0.520. The van der Waals surface area contributed by atoms with Crippen molar-refractivity contribution in [2.24, 2.45) is 4.99 Å². The van der Waals surface area contributed by atoms with Gasteiger partial charge in [-0.3, -0.25) is 0 Å². The molecule has 2 heterocycles. The maximum Gasteiger partial charge on any atom is 0.211 e. The van der Waals surface area contributed by atoms with E-state index in [1.54, 1.807) is 0 Å². The van der Waals surface area contributed by atoms with Gasteiger partial charge in [-0.1, -0.05) is 29.5 Å². The highest BCUT2D eigenvalue weighted by Crippen LogP contribution is 2.21. The molecule has 0 unspecified atom stereocenters. The van der Waals surface area contributed by atoms with E-state index >= 15 is 0 Å². The van der Waals surface area contributed by atoms with Crippen molar-refractivity contribution in [2.75, 3.05) is 6.61 Å². The van der Waals surface area contributed by atoms with E-state index in [0.717, 1.165) is 32.6 Å². The lowest BCUT2D eigenvalue weighted by Crippen LogP contribution is -2.01. The summed E-state index contributed by atoms with van der Waals surface area (Å²) in [4.78, 5) is 15.4. The monoisotopic (exact) mass is 333 g/mol. The van der Waals surface area contributed by atoms with Gasteiger partial charge in [0.25, 0.3) is 0 Å². The normalized spacial score (nSPS) is 12.0. The van der Waals surface area contributed by atoms with E-state index in [1.807, 2.05) is 55.6 Å². The minimum atomic E-state index is 0.657. The Kier molecular flexibility index (Phi) is 3.92. The van der Waals surface area contributed by atoms with Gasteiger partial charge in [-0.15, -0.1) is 0 Å². The second-order valence-electron chi connectivity index (χ2n) is 5.26. The molecule has 0 N–H and O–H groups in total. The van der Waals surface area contributed by atoms with E-state index < -0.39 is 0 Å². The number of para-hydroxylation sites is 1. The molecule has 0 spiro atoms. The average molecular weight is 333 g/mol. The van der Waals surface area contributed by atoms with Crippen LogP contribution in [0, 0.1) is 0 Å². The fourth-order valence-electron chi connectivity index (χ4n) is 2.47. The van der Waals surface area contributed by atoms with Gasteiger partial charge in [0.15, 0.2) is 0 Å². The van der Waals surface area contributed by atoms with Crippen molar-refractivity contribution in [3.63, 3.8) is 0 Å². The number of fused-ring (bicyclic) bond motifs is 2. The number of pyridine rings is 1. The molecule has 0 aliphatic carbocycles. The summed E-state index contributed by atoms with van der Waals surface area (Å²) in [5, 5.41) is 2.15. The Morgan fingerprint density at radius 1 is 1.04 bits per heavy atom. The van der Waals surface area contributed by atoms with Gasteiger partial charge in [0, 0.05) is 17.0 Å². The third kappa shape index (κ3) is 2.98. The van der Waals surface area contributed by atoms with E-state index in [1.165, 1.54) is 11.3 Å². The smallest absolute Gasteiger partial charge is 0.211 e. The molecule has 24 heavy (non-hydrogen) atoms. The number of ether oxygens (including phenoxy) is 1. The lowest BCUT2D eigenvalue weighted by atomic mass is 10.2. The molecule has 4 rings (SSSR count). The highest BCUT2D eigenvalue weighted by atomic mass is 32.1. The lowest BCUT2D eigenvalue weighted by molar-refractivity contribution is 0.340. The van der Waals surface area contributed by atoms with Gasteiger partial charge in [0.05, 0.1) is 17.8 Å². The second kappa shape index (κ2) is 6.37. The van der Waals surface area contributed by atoms with Gasteiger partial charge >= 0.3 is 0 Å². The largest absolute Gasteiger partial charge is 0.494 e. The van der Waals surface area contributed by atoms with Crippen LogP contribution in [0.4, 0.5) is 5.69 Å². The molecule has 0 bridgehead atoms. The standard InChI is InChI=1S/C19H15N3OS/c1-2-23-16-9-7-15(8-10-16)21-19-20-12-14-11-13-5-3-4-6-17(13)22-18(14)24-19/h3-12H,2H2,1H3. The van der Waals surface area contributed by atoms with Crippen molar-refractivity contribution < 1.29 is 4.74 Å². The Morgan fingerprint density at radius 2 is 1.88 bits per heavy atom. The molecule has 4 nitrogen and oxygen atoms in total. The molecular weight excluding hydrogens is 318 g/mol. The minimum Gasteiger partial charge on any atom is -0.494 e. The first-order valence-corrected chi connectivity index (χ1v) is 8.57. The van der Waals surface area contributed by atoms with Crippen LogP contribution in [0.25, 0.3) is 21.1 Å². The van der Waals surface area contributed by atoms with Crippen molar-refractivity contribution in [1.82, 2.24) is 9.97 Å². The summed E-state index contributed by atoms with van der Waals surface area (Å²) in [7, 11) is 0. The fraction of sp³-hybridized carbons (Fsp3) is 0.105. The Morgan fingerprint density at radius 3 is 2.71 bits per heavy atom. The molecule has 4 aromatic rings. The zero-order valence-electron chi connectivity index (χ0n) is 13.1. The molecule has 0 aliphatic heterocycles. The molecule has 5 heteroatoms. The molecule has 118 valence electrons. The van der Waals surface area contributed by atoms with Crippen molar-refractivity contribution in [1.29, 1.82) is 0 Å². The highest BCUT2D eigenvalue weighted by molar-refractivity contribution is 7.15. The maximum atomic E-state index is 5.44. The van der Waals surface area contributed by atoms with E-state index in [2.05, 4.69) is 22.1 Å². The van der Waals surface area contributed by atoms with Crippen molar-refractivity contribution >= 4 is 38.1 Å². The van der Waals surface area contributed by atoms with Crippen LogP contribution >= 0.6 is 11.3 Å². The van der Waals surface area contributed by atoms with Gasteiger partial charge in [-0.25, -0.2) is 15.0 Å². The van der Waals surface area contributed by atoms with Crippen molar-refractivity contribution in [3.05, 3.63) is 65.6 Å². The summed E-state index contributed by atoms with van der Waals surface area (Å²) >= 11 is 1.49. The van der Waals surface area contributed by atoms with Crippen LogP contribution < -0.4 is 9.54 Å². The van der Waals surface area contributed by atoms with Crippen molar-refractivity contribution in [2.45, 2.75) is 6.92 Å². The van der Waals surface area contributed by atoms with Gasteiger partial charge < -0.3 is 4.74 Å². The molecule has 0 amide bonds. The molecule has 0 saturated carbocycles. The second-order valence-corrected chi connectivity index (χ2v) is 6.21. The summed E-state index contributed by atoms with van der Waals surface area (Å²) in [6.45, 7) is 2.63. The van der Waals surface area contributed by atoms with Gasteiger partial charge in [0.2, 0.25) is 4.80 Å². The fourth-order valence-corrected chi connectivity index (χ4v) is 3.28. The van der Waals surface area contributed by atoms with E-state index in [-0.39, 0.29) is 0 Å². The van der Waals surface area contributed by atoms with E-state index in [0.29, 0.717) is 11.4 Å². The summed E-state index contributed by atoms with van der Waals surface area (Å²) < 4.78 is 5.44. The third-order valence-corrected chi connectivity index (χ3v) is 4.49. The number of benzene rings is 2. The molecule has 2 aromatic heterocycles. The van der Waals surface area contributed by atoms with Crippen LogP contribution in [-0.2, 0) is 0 Å². The van der Waals surface area contributed by atoms with Gasteiger partial charge in [-0.2, -0.15) is 0 Å². The summed E-state index contributed by atoms with van der Waals surface area (Å²) in [6.07, 6.45) is 1.83. The minimum absolute atomic E-state index is 0.657. The van der Waals surface area contributed by atoms with Crippen LogP contribution in [-0.4, -0.2) is 16.6 Å². The molecule has 0 aliphatic rings. The predicted molar refractivity (Wildman–Crippen MR) is 97.8 cm³/mol. The van der Waals surface area contributed by atoms with Gasteiger partial charge in [-0.05, 0) is 43.3 Å². The van der Waals surface area contributed by atoms with Crippen LogP contribution in [0.5, 0.6) is 5.75 Å². The molecule has 0 radical (unpaired) electrons. The topological polar surface area (TPSA) is 47.4 Å². The number of aromatic nitrogens is 2. The summed E-state index contributed by atoms with van der Waals surface area (Å²) in [5.74, 6) is 0.847. The third-order valence-electron chi connectivity index (χ3n) is 3.59. The van der Waals surface area contributed by atoms with E-state index in [9.17, 15) is 0 Å². The number of hydrogen-bond acceptors (Lipinski definition) is 5. The maximum absolute atomic E-state index is 5.44. The predicted octanol–water partition coefficient (Wildman–Crippen LogP) is 4.48. The summed E-state index contributed by atoms with van der Waals surface area (Å²) in [5.41, 5.74) is 1.84. The number of hydrogen-bond donors (Lipinski definition) is 0. The Labute approximate surface area is 143 Å². The van der Waals surface area contributed by atoms with Crippen LogP contribution in [0.2, 0.25) is 0 Å². The van der Waals surface area contributed by atoms with Gasteiger partial charge in [0.1, 0.15) is 10.6 Å². The molecule has 2 aromatic carbocycles. The molecule has 0 atom stereocenters. The van der Waals surface area contributed by atoms with Crippen LogP contribution in [0.1, 0.15) is 6.92 Å². The first kappa shape index (κ1) is 14.8. The zero-order valence-corrected chi connectivity index (χ0v) is 14.0. The Bertz CT molecular complexity index is 1070.